The first-order chi connectivity index (χ1) is 16.1. The molecule has 2 aromatic carbocycles. The first kappa shape index (κ1) is 25.9. The van der Waals surface area contributed by atoms with Crippen molar-refractivity contribution < 1.29 is 23.7 Å². The predicted octanol–water partition coefficient (Wildman–Crippen LogP) is 5.83. The predicted molar refractivity (Wildman–Crippen MR) is 138 cm³/mol. The second-order valence-electron chi connectivity index (χ2n) is 8.75. The molecule has 0 saturated heterocycles. The van der Waals surface area contributed by atoms with E-state index >= 15 is 0 Å². The third-order valence-corrected chi connectivity index (χ3v) is 7.76. The zero-order valence-electron chi connectivity index (χ0n) is 20.2. The summed E-state index contributed by atoms with van der Waals surface area (Å²) in [6.07, 6.45) is 5.43. The number of anilines is 3. The lowest BCUT2D eigenvalue weighted by atomic mass is 9.89. The van der Waals surface area contributed by atoms with Gasteiger partial charge in [-0.15, -0.1) is 10.8 Å². The topological polar surface area (TPSA) is 106 Å². The van der Waals surface area contributed by atoms with Crippen molar-refractivity contribution in [3.63, 3.8) is 0 Å². The second kappa shape index (κ2) is 10.7. The molecule has 186 valence electrons. The minimum atomic E-state index is -3.41. The van der Waals surface area contributed by atoms with Gasteiger partial charge in [-0.25, -0.2) is 9.52 Å². The highest BCUT2D eigenvalue weighted by Crippen LogP contribution is 2.57. The smallest absolute Gasteiger partial charge is 0.331 e. The Morgan fingerprint density at radius 1 is 1.24 bits per heavy atom. The lowest BCUT2D eigenvalue weighted by Gasteiger charge is -2.42. The average Bonchev–Trinajstić information content (AvgIpc) is 2.90. The van der Waals surface area contributed by atoms with Crippen molar-refractivity contribution in [2.45, 2.75) is 50.0 Å². The van der Waals surface area contributed by atoms with Crippen LogP contribution in [0.4, 0.5) is 17.1 Å². The van der Waals surface area contributed by atoms with Crippen LogP contribution in [0.1, 0.15) is 39.5 Å². The molecule has 0 unspecified atom stereocenters. The number of ether oxygens (including phenoxy) is 1. The maximum Gasteiger partial charge on any atom is 0.331 e. The van der Waals surface area contributed by atoms with Crippen LogP contribution in [-0.4, -0.2) is 46.4 Å². The number of unbranched alkanes of at least 4 members (excludes halogenated alkanes) is 1. The molecule has 0 aromatic heterocycles. The van der Waals surface area contributed by atoms with E-state index in [1.54, 1.807) is 6.07 Å². The van der Waals surface area contributed by atoms with Crippen LogP contribution in [0.3, 0.4) is 0 Å². The number of hydrogen-bond donors (Lipinski definition) is 4. The summed E-state index contributed by atoms with van der Waals surface area (Å²) in [6.45, 7) is 4.75. The quantitative estimate of drug-likeness (QED) is 0.257. The molecule has 0 bridgehead atoms. The summed E-state index contributed by atoms with van der Waals surface area (Å²) in [5, 5.41) is 8.93. The molecule has 1 aliphatic rings. The van der Waals surface area contributed by atoms with Crippen molar-refractivity contribution in [1.29, 1.82) is 0 Å². The molecule has 8 nitrogen and oxygen atoms in total. The van der Waals surface area contributed by atoms with Gasteiger partial charge in [0.2, 0.25) is 0 Å². The molecule has 2 aromatic rings. The highest BCUT2D eigenvalue weighted by molar-refractivity contribution is 8.22. The summed E-state index contributed by atoms with van der Waals surface area (Å²) in [4.78, 5) is 15.2. The van der Waals surface area contributed by atoms with Gasteiger partial charge in [0.15, 0.2) is 5.75 Å². The van der Waals surface area contributed by atoms with Gasteiger partial charge in [-0.05, 0) is 31.0 Å². The molecule has 1 heterocycles. The Kier molecular flexibility index (Phi) is 8.14. The third kappa shape index (κ3) is 5.67. The summed E-state index contributed by atoms with van der Waals surface area (Å²) in [5.74, 6) is -0.806. The number of carbonyl (C=O) groups is 1. The van der Waals surface area contributed by atoms with Gasteiger partial charge < -0.3 is 19.6 Å². The molecule has 1 atom stereocenters. The summed E-state index contributed by atoms with van der Waals surface area (Å²) < 4.78 is 31.7. The SMILES string of the molecule is CCCC[C@]1(CC)CN(c2ccccc2)c2cc(N(C)C)c(O/C=C/C(=O)O)cc2S(O)(O)N1. The Bertz CT molecular complexity index is 1030. The summed E-state index contributed by atoms with van der Waals surface area (Å²) in [6, 6.07) is 13.4. The van der Waals surface area contributed by atoms with E-state index in [0.29, 0.717) is 35.0 Å². The zero-order valence-corrected chi connectivity index (χ0v) is 21.0. The highest BCUT2D eigenvalue weighted by atomic mass is 32.3. The van der Waals surface area contributed by atoms with Crippen molar-refractivity contribution in [2.24, 2.45) is 0 Å². The molecule has 1 aliphatic heterocycles. The fourth-order valence-electron chi connectivity index (χ4n) is 4.21. The fraction of sp³-hybridized carbons (Fsp3) is 0.400. The van der Waals surface area contributed by atoms with E-state index in [2.05, 4.69) is 23.5 Å². The molecule has 4 N–H and O–H groups in total. The van der Waals surface area contributed by atoms with Crippen LogP contribution in [0.25, 0.3) is 0 Å². The number of fused-ring (bicyclic) bond motifs is 1. The maximum atomic E-state index is 11.4. The van der Waals surface area contributed by atoms with Crippen molar-refractivity contribution in [2.75, 3.05) is 30.4 Å². The lowest BCUT2D eigenvalue weighted by Crippen LogP contribution is -2.51. The molecule has 9 heteroatoms. The molecule has 0 saturated carbocycles. The number of carboxylic acid groups (broad SMARTS) is 1. The van der Waals surface area contributed by atoms with Gasteiger partial charge >= 0.3 is 5.97 Å². The van der Waals surface area contributed by atoms with E-state index in [1.807, 2.05) is 55.4 Å². The number of nitrogens with zero attached hydrogens (tertiary/aromatic N) is 2. The van der Waals surface area contributed by atoms with Gasteiger partial charge in [-0.2, -0.15) is 0 Å². The Morgan fingerprint density at radius 2 is 1.94 bits per heavy atom. The van der Waals surface area contributed by atoms with Gasteiger partial charge in [0, 0.05) is 32.4 Å². The van der Waals surface area contributed by atoms with E-state index in [-0.39, 0.29) is 0 Å². The molecule has 3 rings (SSSR count). The van der Waals surface area contributed by atoms with Gasteiger partial charge in [-0.1, -0.05) is 44.9 Å². The highest BCUT2D eigenvalue weighted by Gasteiger charge is 2.41. The maximum absolute atomic E-state index is 11.4. The van der Waals surface area contributed by atoms with Gasteiger partial charge in [0.05, 0.1) is 29.3 Å². The van der Waals surface area contributed by atoms with Crippen LogP contribution in [0.2, 0.25) is 0 Å². The Labute approximate surface area is 203 Å². The third-order valence-electron chi connectivity index (χ3n) is 6.10. The summed E-state index contributed by atoms with van der Waals surface area (Å²) in [5.41, 5.74) is 1.78. The molecule has 0 fully saturated rings. The zero-order chi connectivity index (χ0) is 24.9. The van der Waals surface area contributed by atoms with Crippen LogP contribution in [0.5, 0.6) is 5.75 Å². The molecular formula is C25H35N3O5S. The average molecular weight is 490 g/mol. The number of nitrogens with one attached hydrogen (secondary N) is 1. The summed E-state index contributed by atoms with van der Waals surface area (Å²) in [7, 11) is 0.302. The molecule has 34 heavy (non-hydrogen) atoms. The van der Waals surface area contributed by atoms with Crippen LogP contribution in [-0.2, 0) is 4.79 Å². The van der Waals surface area contributed by atoms with Crippen LogP contribution < -0.4 is 19.3 Å². The number of hydrogen-bond acceptors (Lipinski definition) is 7. The second-order valence-corrected chi connectivity index (χ2v) is 10.5. The first-order valence-electron chi connectivity index (χ1n) is 11.4. The minimum absolute atomic E-state index is 0.313. The standard InChI is InChI=1S/C25H35N3O5S/c1-5-7-14-25(6-2)18-28(19-11-9-8-10-12-19)21-16-20(27(3)4)22(33-15-13-24(29)30)17-23(21)34(31,32)26-25/h8-13,15-17,26,31-32H,5-7,14,18H2,1-4H3,(H,29,30)/b15-13+/t25-/m1/s1. The van der Waals surface area contributed by atoms with Crippen LogP contribution >= 0.6 is 10.8 Å². The Hall–Kier alpha value is -2.72. The first-order valence-corrected chi connectivity index (χ1v) is 13.0. The van der Waals surface area contributed by atoms with Crippen molar-refractivity contribution in [3.8, 4) is 5.75 Å². The number of para-hydroxylation sites is 1. The molecule has 0 amide bonds. The van der Waals surface area contributed by atoms with E-state index in [9.17, 15) is 13.9 Å². The molecular weight excluding hydrogens is 454 g/mol. The fourth-order valence-corrected chi connectivity index (χ4v) is 5.97. The van der Waals surface area contributed by atoms with Crippen LogP contribution in [0.15, 0.2) is 59.7 Å². The van der Waals surface area contributed by atoms with Crippen LogP contribution in [0, 0.1) is 0 Å². The number of carboxylic acids is 1. The Balaban J connectivity index is 2.24. The number of rotatable bonds is 9. The van der Waals surface area contributed by atoms with Gasteiger partial charge in [-0.3, -0.25) is 9.11 Å². The van der Waals surface area contributed by atoms with E-state index in [1.165, 1.54) is 0 Å². The van der Waals surface area contributed by atoms with E-state index in [0.717, 1.165) is 37.3 Å². The normalized spacial score (nSPS) is 20.5. The van der Waals surface area contributed by atoms with E-state index in [4.69, 9.17) is 9.84 Å². The number of benzene rings is 2. The molecule has 0 radical (unpaired) electrons. The molecule has 0 spiro atoms. The minimum Gasteiger partial charge on any atom is -0.478 e. The van der Waals surface area contributed by atoms with Crippen molar-refractivity contribution in [1.82, 2.24) is 4.72 Å². The van der Waals surface area contributed by atoms with Gasteiger partial charge in [0.1, 0.15) is 4.90 Å². The largest absolute Gasteiger partial charge is 0.478 e. The monoisotopic (exact) mass is 489 g/mol. The van der Waals surface area contributed by atoms with E-state index < -0.39 is 22.3 Å². The lowest BCUT2D eigenvalue weighted by molar-refractivity contribution is -0.131. The van der Waals surface area contributed by atoms with Crippen molar-refractivity contribution in [3.05, 3.63) is 54.8 Å². The Morgan fingerprint density at radius 3 is 2.53 bits per heavy atom. The molecule has 0 aliphatic carbocycles. The van der Waals surface area contributed by atoms with Gasteiger partial charge in [0.25, 0.3) is 0 Å². The summed E-state index contributed by atoms with van der Waals surface area (Å²) >= 11 is 0. The van der Waals surface area contributed by atoms with Crippen molar-refractivity contribution >= 4 is 33.8 Å². The number of aliphatic carboxylic acids is 1.